The number of guanidine groups is 1. The van der Waals surface area contributed by atoms with E-state index in [1.165, 1.54) is 11.3 Å². The molecule has 0 aromatic carbocycles. The molecule has 7 nitrogen and oxygen atoms in total. The van der Waals surface area contributed by atoms with E-state index < -0.39 is 0 Å². The van der Waals surface area contributed by atoms with E-state index in [0.717, 1.165) is 50.6 Å². The number of nitrogens with zero attached hydrogens (tertiary/aromatic N) is 4. The van der Waals surface area contributed by atoms with E-state index >= 15 is 0 Å². The maximum atomic E-state index is 11.5. The van der Waals surface area contributed by atoms with Gasteiger partial charge in [-0.05, 0) is 44.6 Å². The number of carbonyl (C=O) groups excluding carboxylic acids is 1. The normalized spacial score (nSPS) is 16.2. The van der Waals surface area contributed by atoms with E-state index in [0.29, 0.717) is 12.3 Å². The number of aromatic nitrogens is 2. The first-order valence-electron chi connectivity index (χ1n) is 9.11. The number of carbonyl (C=O) groups is 1. The number of amides is 1. The van der Waals surface area contributed by atoms with Crippen molar-refractivity contribution in [3.05, 3.63) is 17.0 Å². The van der Waals surface area contributed by atoms with Crippen molar-refractivity contribution in [1.82, 2.24) is 25.3 Å². The van der Waals surface area contributed by atoms with Crippen LogP contribution >= 0.6 is 0 Å². The Kier molecular flexibility index (Phi) is 6.84. The van der Waals surface area contributed by atoms with Crippen molar-refractivity contribution in [3.8, 4) is 0 Å². The number of rotatable bonds is 5. The summed E-state index contributed by atoms with van der Waals surface area (Å²) >= 11 is 0. The molecule has 25 heavy (non-hydrogen) atoms. The number of aliphatic imine (C=N–C) groups is 1. The lowest BCUT2D eigenvalue weighted by atomic mass is 9.93. The van der Waals surface area contributed by atoms with Crippen LogP contribution < -0.4 is 10.6 Å². The minimum Gasteiger partial charge on any atom is -0.359 e. The molecular weight excluding hydrogens is 316 g/mol. The fourth-order valence-corrected chi connectivity index (χ4v) is 3.52. The Bertz CT molecular complexity index is 613. The van der Waals surface area contributed by atoms with Crippen molar-refractivity contribution in [2.24, 2.45) is 18.0 Å². The smallest absolute Gasteiger partial charge is 0.220 e. The van der Waals surface area contributed by atoms with Gasteiger partial charge in [0.05, 0.1) is 5.69 Å². The van der Waals surface area contributed by atoms with Gasteiger partial charge in [-0.25, -0.2) is 0 Å². The lowest BCUT2D eigenvalue weighted by molar-refractivity contribution is -0.121. The van der Waals surface area contributed by atoms with Gasteiger partial charge in [0.1, 0.15) is 0 Å². The molecule has 1 aliphatic heterocycles. The maximum absolute atomic E-state index is 11.5. The zero-order chi connectivity index (χ0) is 18.4. The number of likely N-dealkylation sites (tertiary alicyclic amines) is 1. The van der Waals surface area contributed by atoms with E-state index in [4.69, 9.17) is 0 Å². The monoisotopic (exact) mass is 348 g/mol. The number of nitrogens with one attached hydrogen (secondary N) is 2. The summed E-state index contributed by atoms with van der Waals surface area (Å²) in [5.74, 6) is 1.58. The highest BCUT2D eigenvalue weighted by molar-refractivity contribution is 5.80. The minimum absolute atomic E-state index is 0.142. The minimum atomic E-state index is 0.142. The summed E-state index contributed by atoms with van der Waals surface area (Å²) < 4.78 is 1.94. The molecule has 1 amide bonds. The van der Waals surface area contributed by atoms with E-state index in [9.17, 15) is 4.79 Å². The second-order valence-electron chi connectivity index (χ2n) is 6.80. The molecule has 0 unspecified atom stereocenters. The van der Waals surface area contributed by atoms with Crippen molar-refractivity contribution < 1.29 is 4.79 Å². The van der Waals surface area contributed by atoms with Gasteiger partial charge in [0.2, 0.25) is 5.91 Å². The van der Waals surface area contributed by atoms with Crippen LogP contribution in [0.25, 0.3) is 0 Å². The van der Waals surface area contributed by atoms with Crippen molar-refractivity contribution in [3.63, 3.8) is 0 Å². The summed E-state index contributed by atoms with van der Waals surface area (Å²) in [7, 11) is 5.52. The molecule has 1 aromatic heterocycles. The van der Waals surface area contributed by atoms with Gasteiger partial charge in [0.25, 0.3) is 0 Å². The van der Waals surface area contributed by atoms with Crippen LogP contribution in [0.3, 0.4) is 0 Å². The summed E-state index contributed by atoms with van der Waals surface area (Å²) in [5, 5.41) is 10.7. The first-order chi connectivity index (χ1) is 12.0. The second kappa shape index (κ2) is 8.87. The van der Waals surface area contributed by atoms with E-state index in [2.05, 4.69) is 39.5 Å². The van der Waals surface area contributed by atoms with Crippen molar-refractivity contribution in [2.75, 3.05) is 33.7 Å². The quantitative estimate of drug-likeness (QED) is 0.615. The average Bonchev–Trinajstić information content (AvgIpc) is 2.85. The molecule has 140 valence electrons. The SMILES string of the molecule is CN=C(NCCc1c(C)nn(C)c1C)N1CCC(CC(=O)NC)CC1. The van der Waals surface area contributed by atoms with Crippen LogP contribution in [0.15, 0.2) is 4.99 Å². The average molecular weight is 348 g/mol. The molecule has 1 saturated heterocycles. The maximum Gasteiger partial charge on any atom is 0.220 e. The second-order valence-corrected chi connectivity index (χ2v) is 6.80. The first-order valence-corrected chi connectivity index (χ1v) is 9.11. The third-order valence-electron chi connectivity index (χ3n) is 5.20. The van der Waals surface area contributed by atoms with Gasteiger partial charge >= 0.3 is 0 Å². The molecular formula is C18H32N6O. The topological polar surface area (TPSA) is 74.5 Å². The van der Waals surface area contributed by atoms with Gasteiger partial charge in [-0.15, -0.1) is 0 Å². The first kappa shape index (κ1) is 19.3. The van der Waals surface area contributed by atoms with Gasteiger partial charge in [-0.2, -0.15) is 5.10 Å². The molecule has 2 heterocycles. The zero-order valence-electron chi connectivity index (χ0n) is 16.2. The molecule has 2 N–H and O–H groups in total. The lowest BCUT2D eigenvalue weighted by Gasteiger charge is -2.34. The Hall–Kier alpha value is -2.05. The molecule has 1 aromatic rings. The molecule has 0 bridgehead atoms. The highest BCUT2D eigenvalue weighted by Crippen LogP contribution is 2.20. The molecule has 0 aliphatic carbocycles. The zero-order valence-corrected chi connectivity index (χ0v) is 16.2. The number of piperidine rings is 1. The molecule has 1 fully saturated rings. The Labute approximate surface area is 150 Å². The Morgan fingerprint density at radius 1 is 1.32 bits per heavy atom. The molecule has 0 atom stereocenters. The van der Waals surface area contributed by atoms with Crippen molar-refractivity contribution >= 4 is 11.9 Å². The summed E-state index contributed by atoms with van der Waals surface area (Å²) in [6.07, 6.45) is 3.65. The van der Waals surface area contributed by atoms with Crippen LogP contribution in [0.4, 0.5) is 0 Å². The van der Waals surface area contributed by atoms with Crippen LogP contribution in [0, 0.1) is 19.8 Å². The molecule has 0 spiro atoms. The molecule has 0 saturated carbocycles. The number of hydrogen-bond donors (Lipinski definition) is 2. The van der Waals surface area contributed by atoms with Crippen LogP contribution in [0.5, 0.6) is 0 Å². The van der Waals surface area contributed by atoms with Crippen LogP contribution in [0.2, 0.25) is 0 Å². The Balaban J connectivity index is 1.80. The number of hydrogen-bond acceptors (Lipinski definition) is 3. The standard InChI is InChI=1S/C18H32N6O/c1-13-16(14(2)23(5)22-13)6-9-21-18(20-4)24-10-7-15(8-11-24)12-17(25)19-3/h15H,6-12H2,1-5H3,(H,19,25)(H,20,21). The molecule has 2 rings (SSSR count). The van der Waals surface area contributed by atoms with Crippen molar-refractivity contribution in [1.29, 1.82) is 0 Å². The van der Waals surface area contributed by atoms with Gasteiger partial charge < -0.3 is 15.5 Å². The summed E-state index contributed by atoms with van der Waals surface area (Å²) in [6.45, 7) is 6.92. The fourth-order valence-electron chi connectivity index (χ4n) is 3.52. The van der Waals surface area contributed by atoms with Crippen LogP contribution in [-0.4, -0.2) is 60.3 Å². The lowest BCUT2D eigenvalue weighted by Crippen LogP contribution is -2.46. The summed E-state index contributed by atoms with van der Waals surface area (Å²) in [4.78, 5) is 18.2. The largest absolute Gasteiger partial charge is 0.359 e. The van der Waals surface area contributed by atoms with E-state index in [1.807, 2.05) is 18.8 Å². The highest BCUT2D eigenvalue weighted by atomic mass is 16.1. The van der Waals surface area contributed by atoms with E-state index in [-0.39, 0.29) is 5.91 Å². The predicted molar refractivity (Wildman–Crippen MR) is 101 cm³/mol. The summed E-state index contributed by atoms with van der Waals surface area (Å²) in [6, 6.07) is 0. The van der Waals surface area contributed by atoms with Crippen LogP contribution in [0.1, 0.15) is 36.2 Å². The Morgan fingerprint density at radius 3 is 2.52 bits per heavy atom. The molecule has 0 radical (unpaired) electrons. The van der Waals surface area contributed by atoms with Crippen LogP contribution in [-0.2, 0) is 18.3 Å². The van der Waals surface area contributed by atoms with Gasteiger partial charge in [-0.1, -0.05) is 0 Å². The Morgan fingerprint density at radius 2 is 2.00 bits per heavy atom. The molecule has 7 heteroatoms. The molecule has 1 aliphatic rings. The van der Waals surface area contributed by atoms with Gasteiger partial charge in [0, 0.05) is 52.9 Å². The third kappa shape index (κ3) is 4.96. The van der Waals surface area contributed by atoms with Gasteiger partial charge in [0.15, 0.2) is 5.96 Å². The van der Waals surface area contributed by atoms with E-state index in [1.54, 1.807) is 7.05 Å². The fraction of sp³-hybridized carbons (Fsp3) is 0.722. The van der Waals surface area contributed by atoms with Gasteiger partial charge in [-0.3, -0.25) is 14.5 Å². The highest BCUT2D eigenvalue weighted by Gasteiger charge is 2.23. The predicted octanol–water partition coefficient (Wildman–Crippen LogP) is 1.00. The third-order valence-corrected chi connectivity index (χ3v) is 5.20. The van der Waals surface area contributed by atoms with Crippen molar-refractivity contribution in [2.45, 2.75) is 39.5 Å². The number of aryl methyl sites for hydroxylation is 2. The summed E-state index contributed by atoms with van der Waals surface area (Å²) in [5.41, 5.74) is 3.64.